The molecule has 0 fully saturated rings. The van der Waals surface area contributed by atoms with Crippen LogP contribution in [0.15, 0.2) is 40.3 Å². The van der Waals surface area contributed by atoms with E-state index >= 15 is 0 Å². The number of esters is 1. The predicted molar refractivity (Wildman–Crippen MR) is 111 cm³/mol. The number of benzene rings is 1. The summed E-state index contributed by atoms with van der Waals surface area (Å²) in [5, 5.41) is 3.67. The molecule has 0 aliphatic heterocycles. The van der Waals surface area contributed by atoms with Crippen LogP contribution in [-0.2, 0) is 22.5 Å². The summed E-state index contributed by atoms with van der Waals surface area (Å²) in [7, 11) is 1.28. The summed E-state index contributed by atoms with van der Waals surface area (Å²) in [6.45, 7) is 1.82. The number of nitrogens with zero attached hydrogens (tertiary/aromatic N) is 2. The van der Waals surface area contributed by atoms with Crippen molar-refractivity contribution >= 4 is 50.9 Å². The van der Waals surface area contributed by atoms with Gasteiger partial charge in [-0.05, 0) is 30.9 Å². The molecule has 0 radical (unpaired) electrons. The highest BCUT2D eigenvalue weighted by Crippen LogP contribution is 2.24. The van der Waals surface area contributed by atoms with Crippen LogP contribution in [0.5, 0.6) is 0 Å². The van der Waals surface area contributed by atoms with Crippen molar-refractivity contribution in [1.29, 1.82) is 0 Å². The second-order valence-electron chi connectivity index (χ2n) is 5.86. The fourth-order valence-electron chi connectivity index (χ4n) is 2.73. The van der Waals surface area contributed by atoms with E-state index in [1.165, 1.54) is 34.8 Å². The zero-order valence-corrected chi connectivity index (χ0v) is 17.3. The minimum atomic E-state index is -0.550. The molecule has 0 aliphatic carbocycles. The first kappa shape index (κ1) is 20.1. The maximum absolute atomic E-state index is 12.9. The van der Waals surface area contributed by atoms with Gasteiger partial charge in [-0.1, -0.05) is 30.8 Å². The molecular weight excluding hydrogens is 398 g/mol. The molecule has 0 unspecified atom stereocenters. The fourth-order valence-corrected chi connectivity index (χ4v) is 4.30. The summed E-state index contributed by atoms with van der Waals surface area (Å²) in [6, 6.07) is 8.38. The van der Waals surface area contributed by atoms with E-state index in [9.17, 15) is 14.4 Å². The molecule has 3 rings (SSSR count). The van der Waals surface area contributed by atoms with Gasteiger partial charge in [0.05, 0.1) is 23.7 Å². The lowest BCUT2D eigenvalue weighted by Crippen LogP contribution is -2.29. The number of ether oxygens (including phenoxy) is 1. The molecule has 2 aromatic heterocycles. The highest BCUT2D eigenvalue weighted by molar-refractivity contribution is 7.98. The van der Waals surface area contributed by atoms with Crippen molar-refractivity contribution in [3.05, 3.63) is 51.1 Å². The second kappa shape index (κ2) is 8.57. The second-order valence-corrected chi connectivity index (χ2v) is 7.75. The van der Waals surface area contributed by atoms with Gasteiger partial charge in [0.2, 0.25) is 5.91 Å². The SMILES string of the molecule is CCc1cc2c(=O)n(CC(=O)Nc3ccccc3C(=O)OC)c(SC)nc2s1. The number of rotatable bonds is 6. The smallest absolute Gasteiger partial charge is 0.339 e. The van der Waals surface area contributed by atoms with Crippen LogP contribution in [0.2, 0.25) is 0 Å². The van der Waals surface area contributed by atoms with Crippen molar-refractivity contribution in [1.82, 2.24) is 9.55 Å². The Kier molecular flexibility index (Phi) is 6.15. The topological polar surface area (TPSA) is 90.3 Å². The number of aromatic nitrogens is 2. The Labute approximate surface area is 169 Å². The third-order valence-electron chi connectivity index (χ3n) is 4.11. The van der Waals surface area contributed by atoms with Crippen molar-refractivity contribution in [3.8, 4) is 0 Å². The number of anilines is 1. The van der Waals surface area contributed by atoms with Crippen molar-refractivity contribution in [2.45, 2.75) is 25.0 Å². The van der Waals surface area contributed by atoms with Crippen molar-refractivity contribution in [2.75, 3.05) is 18.7 Å². The third kappa shape index (κ3) is 3.95. The fraction of sp³-hybridized carbons (Fsp3) is 0.263. The van der Waals surface area contributed by atoms with Gasteiger partial charge in [0, 0.05) is 4.88 Å². The zero-order valence-electron chi connectivity index (χ0n) is 15.6. The first-order valence-electron chi connectivity index (χ1n) is 8.52. The summed E-state index contributed by atoms with van der Waals surface area (Å²) in [5.41, 5.74) is 0.326. The van der Waals surface area contributed by atoms with Gasteiger partial charge in [-0.25, -0.2) is 9.78 Å². The van der Waals surface area contributed by atoms with Gasteiger partial charge in [0.1, 0.15) is 11.4 Å². The van der Waals surface area contributed by atoms with Crippen LogP contribution in [0.4, 0.5) is 5.69 Å². The van der Waals surface area contributed by atoms with E-state index in [2.05, 4.69) is 10.3 Å². The van der Waals surface area contributed by atoms with Crippen LogP contribution in [-0.4, -0.2) is 34.8 Å². The van der Waals surface area contributed by atoms with Crippen LogP contribution in [0.25, 0.3) is 10.2 Å². The molecule has 0 spiro atoms. The first-order valence-corrected chi connectivity index (χ1v) is 10.6. The molecule has 2 heterocycles. The number of fused-ring (bicyclic) bond motifs is 1. The highest BCUT2D eigenvalue weighted by Gasteiger charge is 2.18. The molecule has 1 N–H and O–H groups in total. The number of para-hydroxylation sites is 1. The zero-order chi connectivity index (χ0) is 20.3. The van der Waals surface area contributed by atoms with Gasteiger partial charge in [0.25, 0.3) is 5.56 Å². The maximum atomic E-state index is 12.9. The van der Waals surface area contributed by atoms with E-state index < -0.39 is 11.9 Å². The van der Waals surface area contributed by atoms with Crippen molar-refractivity contribution < 1.29 is 14.3 Å². The standard InChI is InChI=1S/C19H19N3O4S2/c1-4-11-9-13-16(28-11)21-19(27-3)22(17(13)24)10-15(23)20-14-8-6-5-7-12(14)18(25)26-2/h5-9H,4,10H2,1-3H3,(H,20,23). The number of amides is 1. The molecule has 3 aromatic rings. The molecule has 9 heteroatoms. The van der Waals surface area contributed by atoms with E-state index in [-0.39, 0.29) is 17.7 Å². The number of carbonyl (C=O) groups excluding carboxylic acids is 2. The van der Waals surface area contributed by atoms with Gasteiger partial charge in [-0.2, -0.15) is 0 Å². The highest BCUT2D eigenvalue weighted by atomic mass is 32.2. The Morgan fingerprint density at radius 2 is 2.07 bits per heavy atom. The first-order chi connectivity index (χ1) is 13.5. The molecular formula is C19H19N3O4S2. The predicted octanol–water partition coefficient (Wildman–Crippen LogP) is 3.17. The van der Waals surface area contributed by atoms with Gasteiger partial charge in [-0.3, -0.25) is 14.2 Å². The minimum Gasteiger partial charge on any atom is -0.465 e. The molecule has 0 bridgehead atoms. The van der Waals surface area contributed by atoms with Gasteiger partial charge in [-0.15, -0.1) is 11.3 Å². The van der Waals surface area contributed by atoms with E-state index in [1.54, 1.807) is 24.3 Å². The largest absolute Gasteiger partial charge is 0.465 e. The lowest BCUT2D eigenvalue weighted by Gasteiger charge is -2.12. The third-order valence-corrected chi connectivity index (χ3v) is 5.96. The molecule has 1 aromatic carbocycles. The molecule has 7 nitrogen and oxygen atoms in total. The summed E-state index contributed by atoms with van der Waals surface area (Å²) < 4.78 is 6.09. The Balaban J connectivity index is 1.93. The number of thiophene rings is 1. The van der Waals surface area contributed by atoms with Crippen LogP contribution >= 0.6 is 23.1 Å². The van der Waals surface area contributed by atoms with Crippen LogP contribution in [0.3, 0.4) is 0 Å². The average Bonchev–Trinajstić information content (AvgIpc) is 3.13. The molecule has 28 heavy (non-hydrogen) atoms. The van der Waals surface area contributed by atoms with Crippen molar-refractivity contribution in [3.63, 3.8) is 0 Å². The summed E-state index contributed by atoms with van der Waals surface area (Å²) in [6.07, 6.45) is 2.63. The summed E-state index contributed by atoms with van der Waals surface area (Å²) >= 11 is 2.79. The van der Waals surface area contributed by atoms with Crippen LogP contribution < -0.4 is 10.9 Å². The Morgan fingerprint density at radius 1 is 1.32 bits per heavy atom. The number of nitrogens with one attached hydrogen (secondary N) is 1. The van der Waals surface area contributed by atoms with E-state index in [4.69, 9.17) is 4.74 Å². The van der Waals surface area contributed by atoms with Crippen LogP contribution in [0, 0.1) is 0 Å². The number of aryl methyl sites for hydroxylation is 1. The normalized spacial score (nSPS) is 10.8. The van der Waals surface area contributed by atoms with E-state index in [1.807, 2.05) is 19.2 Å². The Bertz CT molecular complexity index is 1100. The monoisotopic (exact) mass is 417 g/mol. The van der Waals surface area contributed by atoms with Gasteiger partial charge >= 0.3 is 5.97 Å². The number of thioether (sulfide) groups is 1. The minimum absolute atomic E-state index is 0.204. The average molecular weight is 418 g/mol. The molecule has 146 valence electrons. The van der Waals surface area contributed by atoms with Gasteiger partial charge < -0.3 is 10.1 Å². The maximum Gasteiger partial charge on any atom is 0.339 e. The molecule has 0 saturated heterocycles. The molecule has 1 amide bonds. The number of hydrogen-bond acceptors (Lipinski definition) is 7. The number of carbonyl (C=O) groups is 2. The number of methoxy groups -OCH3 is 1. The molecule has 0 saturated carbocycles. The quantitative estimate of drug-likeness (QED) is 0.376. The summed E-state index contributed by atoms with van der Waals surface area (Å²) in [5.74, 6) is -0.979. The van der Waals surface area contributed by atoms with Crippen LogP contribution in [0.1, 0.15) is 22.2 Å². The summed E-state index contributed by atoms with van der Waals surface area (Å²) in [4.78, 5) is 43.7. The van der Waals surface area contributed by atoms with E-state index in [0.29, 0.717) is 21.1 Å². The molecule has 0 aliphatic rings. The van der Waals surface area contributed by atoms with E-state index in [0.717, 1.165) is 11.3 Å². The Morgan fingerprint density at radius 3 is 2.75 bits per heavy atom. The lowest BCUT2D eigenvalue weighted by molar-refractivity contribution is -0.116. The number of hydrogen-bond donors (Lipinski definition) is 1. The van der Waals surface area contributed by atoms with Crippen molar-refractivity contribution in [2.24, 2.45) is 0 Å². The van der Waals surface area contributed by atoms with Gasteiger partial charge in [0.15, 0.2) is 5.16 Å². The molecule has 0 atom stereocenters. The lowest BCUT2D eigenvalue weighted by atomic mass is 10.2. The Hall–Kier alpha value is -2.65.